The van der Waals surface area contributed by atoms with Crippen LogP contribution < -0.4 is 10.1 Å². The summed E-state index contributed by atoms with van der Waals surface area (Å²) < 4.78 is 61.1. The molecule has 6 nitrogen and oxygen atoms in total. The highest BCUT2D eigenvalue weighted by Gasteiger charge is 2.28. The molecule has 4 aromatic rings. The van der Waals surface area contributed by atoms with Crippen LogP contribution in [0.1, 0.15) is 35.9 Å². The standard InChI is InChI=1S/C24H22ClF4N5O/c25-22-19(27)1-2-20(35-24(28)29)21(22)17(8-26)18-11-32-23-16(18)7-13(9-31-23)14-10-33-34(12-14)15-3-5-30-6-4-15/h1-2,7,9-12,15,17,24,30H,3-6,8H2,(H,31,32)/t17-/m0/s1. The molecule has 1 aliphatic heterocycles. The Morgan fingerprint density at radius 2 is 1.97 bits per heavy atom. The predicted molar refractivity (Wildman–Crippen MR) is 124 cm³/mol. The Kier molecular flexibility index (Phi) is 6.66. The second kappa shape index (κ2) is 9.87. The van der Waals surface area contributed by atoms with Crippen molar-refractivity contribution in [3.8, 4) is 16.9 Å². The number of nitrogens with zero attached hydrogens (tertiary/aromatic N) is 3. The molecule has 1 saturated heterocycles. The number of fused-ring (bicyclic) bond motifs is 1. The minimum Gasteiger partial charge on any atom is -0.434 e. The molecule has 1 fully saturated rings. The van der Waals surface area contributed by atoms with Gasteiger partial charge in [-0.3, -0.25) is 9.07 Å². The third kappa shape index (κ3) is 4.60. The zero-order valence-corrected chi connectivity index (χ0v) is 19.2. The molecule has 3 aromatic heterocycles. The maximum atomic E-state index is 14.4. The van der Waals surface area contributed by atoms with Gasteiger partial charge in [-0.15, -0.1) is 0 Å². The number of hydrogen-bond donors (Lipinski definition) is 2. The molecule has 0 unspecified atom stereocenters. The molecule has 0 saturated carbocycles. The van der Waals surface area contributed by atoms with Crippen LogP contribution in [0.25, 0.3) is 22.2 Å². The summed E-state index contributed by atoms with van der Waals surface area (Å²) in [6.07, 6.45) is 8.87. The first-order chi connectivity index (χ1) is 17.0. The summed E-state index contributed by atoms with van der Waals surface area (Å²) >= 11 is 6.12. The SMILES string of the molecule is FC[C@H](c1c(OC(F)F)ccc(F)c1Cl)c1c[nH]c2ncc(-c3cnn(C4CCNCC4)c3)cc12. The smallest absolute Gasteiger partial charge is 0.387 e. The fraction of sp³-hybridized carbons (Fsp3) is 0.333. The van der Waals surface area contributed by atoms with Gasteiger partial charge in [0.05, 0.1) is 17.3 Å². The zero-order chi connectivity index (χ0) is 24.5. The molecule has 4 heterocycles. The van der Waals surface area contributed by atoms with Crippen LogP contribution in [0.5, 0.6) is 5.75 Å². The molecule has 0 aliphatic carbocycles. The maximum absolute atomic E-state index is 14.4. The molecular formula is C24H22ClF4N5O. The van der Waals surface area contributed by atoms with Crippen molar-refractivity contribution in [1.82, 2.24) is 25.1 Å². The highest BCUT2D eigenvalue weighted by molar-refractivity contribution is 6.31. The highest BCUT2D eigenvalue weighted by Crippen LogP contribution is 2.42. The average molecular weight is 508 g/mol. The van der Waals surface area contributed by atoms with Gasteiger partial charge in [-0.05, 0) is 49.7 Å². The van der Waals surface area contributed by atoms with Gasteiger partial charge in [-0.1, -0.05) is 11.6 Å². The molecule has 1 atom stereocenters. The summed E-state index contributed by atoms with van der Waals surface area (Å²) in [6, 6.07) is 4.07. The van der Waals surface area contributed by atoms with Crippen LogP contribution in [0.3, 0.4) is 0 Å². The number of halogens is 5. The number of aromatic nitrogens is 4. The van der Waals surface area contributed by atoms with Crippen molar-refractivity contribution in [2.24, 2.45) is 0 Å². The van der Waals surface area contributed by atoms with E-state index in [1.54, 1.807) is 12.4 Å². The summed E-state index contributed by atoms with van der Waals surface area (Å²) in [6.45, 7) is -2.33. The Morgan fingerprint density at radius 3 is 2.71 bits per heavy atom. The van der Waals surface area contributed by atoms with Crippen LogP contribution >= 0.6 is 11.6 Å². The van der Waals surface area contributed by atoms with E-state index in [1.165, 1.54) is 6.20 Å². The lowest BCUT2D eigenvalue weighted by Crippen LogP contribution is -2.29. The first kappa shape index (κ1) is 23.6. The molecule has 35 heavy (non-hydrogen) atoms. The fourth-order valence-corrected chi connectivity index (χ4v) is 4.90. The van der Waals surface area contributed by atoms with Crippen LogP contribution in [0.15, 0.2) is 43.0 Å². The van der Waals surface area contributed by atoms with E-state index in [2.05, 4.69) is 25.1 Å². The lowest BCUT2D eigenvalue weighted by atomic mass is 9.91. The summed E-state index contributed by atoms with van der Waals surface area (Å²) in [4.78, 5) is 7.41. The predicted octanol–water partition coefficient (Wildman–Crippen LogP) is 5.85. The van der Waals surface area contributed by atoms with E-state index >= 15 is 0 Å². The molecule has 5 rings (SSSR count). The van der Waals surface area contributed by atoms with Crippen LogP contribution in [0.4, 0.5) is 17.6 Å². The van der Waals surface area contributed by atoms with Crippen molar-refractivity contribution < 1.29 is 22.3 Å². The topological polar surface area (TPSA) is 67.8 Å². The second-order valence-corrected chi connectivity index (χ2v) is 8.79. The minimum absolute atomic E-state index is 0.181. The van der Waals surface area contributed by atoms with Crippen LogP contribution in [-0.2, 0) is 0 Å². The van der Waals surface area contributed by atoms with Crippen LogP contribution in [-0.4, -0.2) is 46.1 Å². The monoisotopic (exact) mass is 507 g/mol. The van der Waals surface area contributed by atoms with Gasteiger partial charge in [0.25, 0.3) is 0 Å². The van der Waals surface area contributed by atoms with Crippen molar-refractivity contribution in [2.45, 2.75) is 31.4 Å². The van der Waals surface area contributed by atoms with Crippen molar-refractivity contribution >= 4 is 22.6 Å². The van der Waals surface area contributed by atoms with Gasteiger partial charge in [-0.25, -0.2) is 9.37 Å². The lowest BCUT2D eigenvalue weighted by molar-refractivity contribution is -0.0506. The Balaban J connectivity index is 1.55. The minimum atomic E-state index is -3.18. The Hall–Kier alpha value is -3.11. The van der Waals surface area contributed by atoms with Crippen LogP contribution in [0.2, 0.25) is 5.02 Å². The van der Waals surface area contributed by atoms with Gasteiger partial charge in [0.1, 0.15) is 23.9 Å². The number of aromatic amines is 1. The quantitative estimate of drug-likeness (QED) is 0.308. The number of pyridine rings is 1. The summed E-state index contributed by atoms with van der Waals surface area (Å²) in [5.74, 6) is -2.39. The van der Waals surface area contributed by atoms with E-state index in [0.29, 0.717) is 22.6 Å². The number of H-pyrrole nitrogens is 1. The molecule has 184 valence electrons. The fourth-order valence-electron chi connectivity index (χ4n) is 4.62. The van der Waals surface area contributed by atoms with E-state index < -0.39 is 30.0 Å². The third-order valence-electron chi connectivity index (χ3n) is 6.37. The Labute approximate surface area is 203 Å². The van der Waals surface area contributed by atoms with Crippen molar-refractivity contribution in [2.75, 3.05) is 19.8 Å². The van der Waals surface area contributed by atoms with Gasteiger partial charge < -0.3 is 15.0 Å². The van der Waals surface area contributed by atoms with E-state index in [4.69, 9.17) is 11.6 Å². The van der Waals surface area contributed by atoms with Crippen molar-refractivity contribution in [3.63, 3.8) is 0 Å². The van der Waals surface area contributed by atoms with Gasteiger partial charge in [-0.2, -0.15) is 13.9 Å². The normalized spacial score (nSPS) is 15.7. The van der Waals surface area contributed by atoms with Gasteiger partial charge in [0.15, 0.2) is 0 Å². The molecular weight excluding hydrogens is 486 g/mol. The molecule has 11 heteroatoms. The number of alkyl halides is 3. The first-order valence-electron chi connectivity index (χ1n) is 11.2. The number of rotatable bonds is 7. The number of piperidine rings is 1. The average Bonchev–Trinajstić information content (AvgIpc) is 3.51. The second-order valence-electron chi connectivity index (χ2n) is 8.41. The first-order valence-corrected chi connectivity index (χ1v) is 11.5. The zero-order valence-electron chi connectivity index (χ0n) is 18.4. The van der Waals surface area contributed by atoms with Gasteiger partial charge in [0.2, 0.25) is 0 Å². The number of ether oxygens (including phenoxy) is 1. The summed E-state index contributed by atoms with van der Waals surface area (Å²) in [5, 5.41) is 7.93. The van der Waals surface area contributed by atoms with Gasteiger partial charge in [0, 0.05) is 46.6 Å². The lowest BCUT2D eigenvalue weighted by Gasteiger charge is -2.22. The van der Waals surface area contributed by atoms with Crippen molar-refractivity contribution in [3.05, 3.63) is 65.0 Å². The van der Waals surface area contributed by atoms with Crippen LogP contribution in [0, 0.1) is 5.82 Å². The Bertz CT molecular complexity index is 1330. The molecule has 2 N–H and O–H groups in total. The van der Waals surface area contributed by atoms with E-state index in [-0.39, 0.29) is 11.3 Å². The molecule has 0 amide bonds. The van der Waals surface area contributed by atoms with E-state index in [0.717, 1.165) is 49.2 Å². The Morgan fingerprint density at radius 1 is 1.17 bits per heavy atom. The summed E-state index contributed by atoms with van der Waals surface area (Å²) in [5.41, 5.74) is 2.28. The highest BCUT2D eigenvalue weighted by atomic mass is 35.5. The van der Waals surface area contributed by atoms with E-state index in [9.17, 15) is 17.6 Å². The number of hydrogen-bond acceptors (Lipinski definition) is 4. The van der Waals surface area contributed by atoms with Crippen molar-refractivity contribution in [1.29, 1.82) is 0 Å². The van der Waals surface area contributed by atoms with Gasteiger partial charge >= 0.3 is 6.61 Å². The summed E-state index contributed by atoms with van der Waals surface area (Å²) in [7, 11) is 0. The molecule has 1 aliphatic rings. The molecule has 0 radical (unpaired) electrons. The molecule has 1 aromatic carbocycles. The van der Waals surface area contributed by atoms with E-state index in [1.807, 2.05) is 16.9 Å². The maximum Gasteiger partial charge on any atom is 0.387 e. The number of nitrogens with one attached hydrogen (secondary N) is 2. The largest absolute Gasteiger partial charge is 0.434 e. The molecule has 0 bridgehead atoms. The number of benzene rings is 1. The molecule has 0 spiro atoms. The third-order valence-corrected chi connectivity index (χ3v) is 6.75.